The molecule has 3 aromatic rings. The van der Waals surface area contributed by atoms with Gasteiger partial charge in [-0.15, -0.1) is 0 Å². The van der Waals surface area contributed by atoms with Gasteiger partial charge in [0, 0.05) is 5.02 Å². The highest BCUT2D eigenvalue weighted by Crippen LogP contribution is 2.22. The summed E-state index contributed by atoms with van der Waals surface area (Å²) in [6.45, 7) is 0. The number of rotatable bonds is 4. The molecule has 9 heteroatoms. The number of carbonyl (C=O) groups excluding carboxylic acids is 2. The lowest BCUT2D eigenvalue weighted by Crippen LogP contribution is -2.32. The van der Waals surface area contributed by atoms with Gasteiger partial charge in [0.1, 0.15) is 17.6 Å². The summed E-state index contributed by atoms with van der Waals surface area (Å²) in [5, 5.41) is 6.69. The van der Waals surface area contributed by atoms with Crippen LogP contribution >= 0.6 is 11.6 Å². The zero-order chi connectivity index (χ0) is 20.1. The first-order valence-corrected chi connectivity index (χ1v) is 8.36. The van der Waals surface area contributed by atoms with Crippen LogP contribution in [0.25, 0.3) is 11.0 Å². The lowest BCUT2D eigenvalue weighted by atomic mass is 10.2. The minimum atomic E-state index is -1.02. The van der Waals surface area contributed by atoms with Gasteiger partial charge in [0.05, 0.1) is 30.0 Å². The number of ether oxygens (including phenoxy) is 1. The third-order valence-corrected chi connectivity index (χ3v) is 3.93. The largest absolute Gasteiger partial charge is 0.495 e. The smallest absolute Gasteiger partial charge is 0.329 e. The quantitative estimate of drug-likeness (QED) is 0.398. The minimum Gasteiger partial charge on any atom is -0.495 e. The second-order valence-electron chi connectivity index (χ2n) is 5.51. The Balaban J connectivity index is 1.69. The standard InChI is InChI=1S/C19H14ClN3O5/c1-27-16-5-3-2-4-14(16)22-18(25)19(26)23-21-9-11-10-28-15-7-6-12(20)8-13(15)17(11)24/h2-10H,1H3,(H,22,25)(H,23,26)/b21-9-. The van der Waals surface area contributed by atoms with E-state index < -0.39 is 11.8 Å². The van der Waals surface area contributed by atoms with Gasteiger partial charge in [-0.3, -0.25) is 14.4 Å². The van der Waals surface area contributed by atoms with Gasteiger partial charge in [0.2, 0.25) is 5.43 Å². The number of fused-ring (bicyclic) bond motifs is 1. The van der Waals surface area contributed by atoms with E-state index in [1.165, 1.54) is 19.4 Å². The van der Waals surface area contributed by atoms with Crippen molar-refractivity contribution in [1.29, 1.82) is 0 Å². The Bertz CT molecular complexity index is 1140. The molecular weight excluding hydrogens is 386 g/mol. The number of methoxy groups -OCH3 is 1. The van der Waals surface area contributed by atoms with Crippen molar-refractivity contribution in [2.24, 2.45) is 5.10 Å². The lowest BCUT2D eigenvalue weighted by Gasteiger charge is -2.08. The number of carbonyl (C=O) groups is 2. The average Bonchev–Trinajstić information content (AvgIpc) is 2.70. The van der Waals surface area contributed by atoms with Gasteiger partial charge in [-0.1, -0.05) is 23.7 Å². The molecule has 1 heterocycles. The van der Waals surface area contributed by atoms with Gasteiger partial charge in [-0.05, 0) is 30.3 Å². The van der Waals surface area contributed by atoms with Crippen LogP contribution in [0, 0.1) is 0 Å². The van der Waals surface area contributed by atoms with Gasteiger partial charge >= 0.3 is 11.8 Å². The van der Waals surface area contributed by atoms with Gasteiger partial charge in [0.15, 0.2) is 0 Å². The number of nitrogens with one attached hydrogen (secondary N) is 2. The molecular formula is C19H14ClN3O5. The van der Waals surface area contributed by atoms with E-state index in [9.17, 15) is 14.4 Å². The van der Waals surface area contributed by atoms with Crippen LogP contribution in [0.2, 0.25) is 5.02 Å². The fourth-order valence-electron chi connectivity index (χ4n) is 2.35. The van der Waals surface area contributed by atoms with Crippen molar-refractivity contribution in [2.75, 3.05) is 12.4 Å². The molecule has 0 fully saturated rings. The van der Waals surface area contributed by atoms with Crippen molar-refractivity contribution in [1.82, 2.24) is 5.43 Å². The molecule has 0 aliphatic carbocycles. The lowest BCUT2D eigenvalue weighted by molar-refractivity contribution is -0.136. The molecule has 0 unspecified atom stereocenters. The number of anilines is 1. The van der Waals surface area contributed by atoms with E-state index in [4.69, 9.17) is 20.8 Å². The number of para-hydroxylation sites is 2. The van der Waals surface area contributed by atoms with Crippen LogP contribution in [-0.4, -0.2) is 25.1 Å². The van der Waals surface area contributed by atoms with Gasteiger partial charge in [-0.2, -0.15) is 5.10 Å². The monoisotopic (exact) mass is 399 g/mol. The topological polar surface area (TPSA) is 110 Å². The molecule has 2 amide bonds. The summed E-state index contributed by atoms with van der Waals surface area (Å²) >= 11 is 5.89. The summed E-state index contributed by atoms with van der Waals surface area (Å²) in [7, 11) is 1.44. The predicted octanol–water partition coefficient (Wildman–Crippen LogP) is 2.54. The van der Waals surface area contributed by atoms with Crippen molar-refractivity contribution < 1.29 is 18.7 Å². The number of hydrazone groups is 1. The Morgan fingerprint density at radius 2 is 1.96 bits per heavy atom. The molecule has 0 radical (unpaired) electrons. The van der Waals surface area contributed by atoms with Crippen LogP contribution in [0.15, 0.2) is 63.0 Å². The molecule has 0 atom stereocenters. The van der Waals surface area contributed by atoms with E-state index >= 15 is 0 Å². The van der Waals surface area contributed by atoms with E-state index in [2.05, 4.69) is 10.4 Å². The van der Waals surface area contributed by atoms with Crippen molar-refractivity contribution in [3.8, 4) is 5.75 Å². The minimum absolute atomic E-state index is 0.0835. The zero-order valence-electron chi connectivity index (χ0n) is 14.6. The third kappa shape index (κ3) is 4.18. The van der Waals surface area contributed by atoms with Crippen LogP contribution < -0.4 is 20.9 Å². The molecule has 0 aliphatic rings. The SMILES string of the molecule is COc1ccccc1NC(=O)C(=O)N/N=C\c1coc2ccc(Cl)cc2c1=O. The maximum Gasteiger partial charge on any atom is 0.329 e. The van der Waals surface area contributed by atoms with Gasteiger partial charge in [-0.25, -0.2) is 5.43 Å². The van der Waals surface area contributed by atoms with Crippen LogP contribution in [0.4, 0.5) is 5.69 Å². The van der Waals surface area contributed by atoms with E-state index in [1.807, 2.05) is 5.43 Å². The number of hydrogen-bond acceptors (Lipinski definition) is 6. The first-order valence-electron chi connectivity index (χ1n) is 7.98. The first-order chi connectivity index (χ1) is 13.5. The molecule has 0 saturated carbocycles. The molecule has 142 valence electrons. The Labute approximate surface area is 163 Å². The van der Waals surface area contributed by atoms with Crippen LogP contribution in [0.5, 0.6) is 5.75 Å². The summed E-state index contributed by atoms with van der Waals surface area (Å²) in [5.41, 5.74) is 2.46. The fourth-order valence-corrected chi connectivity index (χ4v) is 2.52. The summed E-state index contributed by atoms with van der Waals surface area (Å²) in [5.74, 6) is -1.56. The Hall–Kier alpha value is -3.65. The number of hydrogen-bond donors (Lipinski definition) is 2. The van der Waals surface area contributed by atoms with Crippen LogP contribution in [0.1, 0.15) is 5.56 Å². The first kappa shape index (κ1) is 19.1. The zero-order valence-corrected chi connectivity index (χ0v) is 15.3. The van der Waals surface area contributed by atoms with Crippen LogP contribution in [0.3, 0.4) is 0 Å². The predicted molar refractivity (Wildman–Crippen MR) is 105 cm³/mol. The summed E-state index contributed by atoms with van der Waals surface area (Å²) < 4.78 is 10.4. The molecule has 3 rings (SSSR count). The second-order valence-corrected chi connectivity index (χ2v) is 5.95. The van der Waals surface area contributed by atoms with Gasteiger partial charge in [0.25, 0.3) is 0 Å². The van der Waals surface area contributed by atoms with Crippen LogP contribution in [-0.2, 0) is 9.59 Å². The Kier molecular flexibility index (Phi) is 5.71. The molecule has 28 heavy (non-hydrogen) atoms. The summed E-state index contributed by atoms with van der Waals surface area (Å²) in [6.07, 6.45) is 2.28. The van der Waals surface area contributed by atoms with Crippen molar-refractivity contribution in [3.63, 3.8) is 0 Å². The maximum atomic E-state index is 12.4. The van der Waals surface area contributed by atoms with E-state index in [-0.39, 0.29) is 16.4 Å². The Morgan fingerprint density at radius 3 is 2.75 bits per heavy atom. The maximum absolute atomic E-state index is 12.4. The molecule has 0 bridgehead atoms. The molecule has 1 aromatic heterocycles. The summed E-state index contributed by atoms with van der Waals surface area (Å²) in [4.78, 5) is 36.2. The molecule has 2 N–H and O–H groups in total. The fraction of sp³-hybridized carbons (Fsp3) is 0.0526. The van der Waals surface area contributed by atoms with Crippen molar-refractivity contribution in [3.05, 3.63) is 69.5 Å². The number of amides is 2. The normalized spacial score (nSPS) is 10.8. The molecule has 0 saturated heterocycles. The molecule has 0 aliphatic heterocycles. The molecule has 0 spiro atoms. The third-order valence-electron chi connectivity index (χ3n) is 3.69. The summed E-state index contributed by atoms with van der Waals surface area (Å²) in [6, 6.07) is 11.3. The van der Waals surface area contributed by atoms with Crippen molar-refractivity contribution in [2.45, 2.75) is 0 Å². The average molecular weight is 400 g/mol. The van der Waals surface area contributed by atoms with E-state index in [0.717, 1.165) is 6.21 Å². The number of halogens is 1. The highest BCUT2D eigenvalue weighted by Gasteiger charge is 2.15. The Morgan fingerprint density at radius 1 is 1.18 bits per heavy atom. The molecule has 8 nitrogen and oxygen atoms in total. The number of benzene rings is 2. The second kappa shape index (κ2) is 8.36. The van der Waals surface area contributed by atoms with Gasteiger partial charge < -0.3 is 14.5 Å². The number of nitrogens with zero attached hydrogens (tertiary/aromatic N) is 1. The van der Waals surface area contributed by atoms with E-state index in [1.54, 1.807) is 36.4 Å². The highest BCUT2D eigenvalue weighted by atomic mass is 35.5. The van der Waals surface area contributed by atoms with E-state index in [0.29, 0.717) is 22.0 Å². The molecule has 2 aromatic carbocycles. The van der Waals surface area contributed by atoms with Crippen molar-refractivity contribution >= 4 is 46.3 Å². The highest BCUT2D eigenvalue weighted by molar-refractivity contribution is 6.39.